The number of rotatable bonds is 18. The van der Waals surface area contributed by atoms with Crippen molar-refractivity contribution < 1.29 is 40.7 Å². The molecule has 12 nitrogen and oxygen atoms in total. The Kier molecular flexibility index (Phi) is 14.3. The normalized spacial score (nSPS) is 12.8. The first kappa shape index (κ1) is 43.4. The van der Waals surface area contributed by atoms with Crippen molar-refractivity contribution in [2.75, 3.05) is 31.4 Å². The monoisotopic (exact) mass is 831 g/mol. The number of nitrogens with zero attached hydrogens (tertiary/aromatic N) is 2. The molecule has 0 aliphatic carbocycles. The Labute approximate surface area is 336 Å². The summed E-state index contributed by atoms with van der Waals surface area (Å²) in [4.78, 5) is 22.5. The maximum absolute atomic E-state index is 13.7. The van der Waals surface area contributed by atoms with Crippen molar-refractivity contribution in [3.63, 3.8) is 0 Å². The Balaban J connectivity index is 1.41. The van der Waals surface area contributed by atoms with Crippen molar-refractivity contribution in [2.45, 2.75) is 63.7 Å². The number of nitrogens with one attached hydrogen (secondary N) is 1. The number of hydrogen-bond acceptors (Lipinski definition) is 11. The number of anilines is 1. The quantitative estimate of drug-likeness (QED) is 0.0675. The van der Waals surface area contributed by atoms with E-state index in [0.717, 1.165) is 16.6 Å². The fraction of sp³-hybridized carbons (Fsp3) is 0.310. The van der Waals surface area contributed by atoms with Crippen molar-refractivity contribution in [2.24, 2.45) is 0 Å². The predicted octanol–water partition coefficient (Wildman–Crippen LogP) is 8.03. The lowest BCUT2D eigenvalue weighted by Crippen LogP contribution is -2.67. The minimum Gasteiger partial charge on any atom is -0.488 e. The highest BCUT2D eigenvalue weighted by Crippen LogP contribution is 2.50. The summed E-state index contributed by atoms with van der Waals surface area (Å²) in [5, 5.41) is 4.79. The smallest absolute Gasteiger partial charge is 0.336 e. The van der Waals surface area contributed by atoms with Gasteiger partial charge in [-0.3, -0.25) is 14.3 Å². The SMILES string of the molecule is CCOP(=O)(Cc1cnc(NC(=O)c2cc(Oc3ccc(S(C)(=O)=O)cc3)cc(O[C@@H](C)CO[Si](c3ccccc3)(c3ccccc3)C(C)(C)C)c2)cn1)OCC. The van der Waals surface area contributed by atoms with Crippen molar-refractivity contribution in [1.82, 2.24) is 9.97 Å². The Morgan fingerprint density at radius 2 is 1.39 bits per heavy atom. The first-order valence-electron chi connectivity index (χ1n) is 18.6. The molecule has 0 spiro atoms. The van der Waals surface area contributed by atoms with E-state index in [1.165, 1.54) is 36.7 Å². The molecule has 0 bridgehead atoms. The highest BCUT2D eigenvalue weighted by atomic mass is 32.2. The van der Waals surface area contributed by atoms with Crippen LogP contribution in [-0.4, -0.2) is 64.8 Å². The molecule has 0 aliphatic rings. The van der Waals surface area contributed by atoms with Crippen LogP contribution in [0, 0.1) is 0 Å². The average molecular weight is 832 g/mol. The zero-order chi connectivity index (χ0) is 41.3. The highest BCUT2D eigenvalue weighted by molar-refractivity contribution is 7.90. The van der Waals surface area contributed by atoms with Gasteiger partial charge in [-0.2, -0.15) is 0 Å². The zero-order valence-corrected chi connectivity index (χ0v) is 36.0. The van der Waals surface area contributed by atoms with E-state index in [9.17, 15) is 17.8 Å². The fourth-order valence-electron chi connectivity index (χ4n) is 6.40. The summed E-state index contributed by atoms with van der Waals surface area (Å²) >= 11 is 0. The molecular formula is C42H50N3O9PSSi. The van der Waals surface area contributed by atoms with Crippen LogP contribution in [0.5, 0.6) is 17.2 Å². The van der Waals surface area contributed by atoms with Gasteiger partial charge in [0.1, 0.15) is 23.4 Å². The second-order valence-electron chi connectivity index (χ2n) is 14.4. The largest absolute Gasteiger partial charge is 0.488 e. The minimum absolute atomic E-state index is 0.0703. The van der Waals surface area contributed by atoms with E-state index in [1.807, 2.05) is 43.3 Å². The van der Waals surface area contributed by atoms with Crippen LogP contribution in [0.1, 0.15) is 57.6 Å². The maximum Gasteiger partial charge on any atom is 0.336 e. The number of ether oxygens (including phenoxy) is 2. The van der Waals surface area contributed by atoms with Crippen LogP contribution in [0.2, 0.25) is 5.04 Å². The molecule has 1 heterocycles. The van der Waals surface area contributed by atoms with Gasteiger partial charge in [-0.1, -0.05) is 81.4 Å². The summed E-state index contributed by atoms with van der Waals surface area (Å²) in [6.45, 7) is 12.7. The second kappa shape index (κ2) is 18.7. The molecule has 0 unspecified atom stereocenters. The number of hydrogen-bond donors (Lipinski definition) is 1. The van der Waals surface area contributed by atoms with Crippen molar-refractivity contribution >= 4 is 47.8 Å². The summed E-state index contributed by atoms with van der Waals surface area (Å²) < 4.78 is 67.5. The van der Waals surface area contributed by atoms with Crippen molar-refractivity contribution in [3.8, 4) is 17.2 Å². The van der Waals surface area contributed by atoms with E-state index in [-0.39, 0.29) is 53.0 Å². The molecule has 0 radical (unpaired) electrons. The summed E-state index contributed by atoms with van der Waals surface area (Å²) in [7, 11) is -9.68. The van der Waals surface area contributed by atoms with Gasteiger partial charge in [-0.25, -0.2) is 13.4 Å². The molecule has 1 atom stereocenters. The molecular weight excluding hydrogens is 782 g/mol. The van der Waals surface area contributed by atoms with Crippen molar-refractivity contribution in [3.05, 3.63) is 127 Å². The number of carbonyl (C=O) groups is 1. The molecule has 1 N–H and O–H groups in total. The topological polar surface area (TPSA) is 152 Å². The van der Waals surface area contributed by atoms with Gasteiger partial charge in [-0.05, 0) is 72.6 Å². The molecule has 1 amide bonds. The Morgan fingerprint density at radius 1 is 0.807 bits per heavy atom. The predicted molar refractivity (Wildman–Crippen MR) is 224 cm³/mol. The van der Waals surface area contributed by atoms with Crippen LogP contribution < -0.4 is 25.2 Å². The van der Waals surface area contributed by atoms with E-state index in [2.05, 4.69) is 60.3 Å². The second-order valence-corrected chi connectivity index (χ2v) is 22.8. The Bertz CT molecular complexity index is 2210. The summed E-state index contributed by atoms with van der Waals surface area (Å²) in [6.07, 6.45) is 3.36. The molecule has 4 aromatic carbocycles. The molecule has 0 saturated carbocycles. The lowest BCUT2D eigenvalue weighted by atomic mass is 10.2. The Hall–Kier alpha value is -4.69. The number of benzene rings is 4. The van der Waals surface area contributed by atoms with Gasteiger partial charge < -0.3 is 28.3 Å². The van der Waals surface area contributed by atoms with Gasteiger partial charge in [0.05, 0.1) is 49.0 Å². The van der Waals surface area contributed by atoms with Gasteiger partial charge in [0.25, 0.3) is 14.2 Å². The minimum atomic E-state index is -3.41. The molecule has 5 aromatic rings. The Morgan fingerprint density at radius 3 is 1.89 bits per heavy atom. The van der Waals surface area contributed by atoms with E-state index < -0.39 is 37.8 Å². The van der Waals surface area contributed by atoms with Gasteiger partial charge in [-0.15, -0.1) is 0 Å². The molecule has 1 aromatic heterocycles. The number of aromatic nitrogens is 2. The number of amides is 1. The standard InChI is InChI=1S/C42H50N3O9PSSi/c1-8-50-55(47,51-9-2)30-33-27-44-40(28-43-33)45-41(46)32-24-35(26-36(25-32)54-34-20-22-37(23-21-34)56(7,48)49)53-31(3)29-52-57(42(4,5)6,38-16-12-10-13-17-38)39-18-14-11-15-19-39/h10-28,31H,8-9,29-30H2,1-7H3,(H,44,45,46)/t31-/m0/s1. The molecule has 302 valence electrons. The first-order valence-corrected chi connectivity index (χ1v) is 24.1. The lowest BCUT2D eigenvalue weighted by Gasteiger charge is -2.43. The number of sulfone groups is 1. The molecule has 0 aliphatic heterocycles. The van der Waals surface area contributed by atoms with Gasteiger partial charge in [0, 0.05) is 17.9 Å². The van der Waals surface area contributed by atoms with Crippen LogP contribution in [0.15, 0.2) is 120 Å². The molecule has 57 heavy (non-hydrogen) atoms. The van der Waals surface area contributed by atoms with Gasteiger partial charge in [0.15, 0.2) is 15.7 Å². The van der Waals surface area contributed by atoms with E-state index in [4.69, 9.17) is 22.9 Å². The van der Waals surface area contributed by atoms with E-state index >= 15 is 0 Å². The first-order chi connectivity index (χ1) is 27.0. The molecule has 0 saturated heterocycles. The van der Waals surface area contributed by atoms with Crippen LogP contribution in [0.25, 0.3) is 0 Å². The van der Waals surface area contributed by atoms with Crippen LogP contribution in [0.3, 0.4) is 0 Å². The van der Waals surface area contributed by atoms with E-state index in [0.29, 0.717) is 17.2 Å². The fourth-order valence-corrected chi connectivity index (χ4v) is 13.3. The lowest BCUT2D eigenvalue weighted by molar-refractivity contribution is 0.102. The third-order valence-corrected chi connectivity index (χ3v) is 17.0. The summed E-state index contributed by atoms with van der Waals surface area (Å²) in [5.41, 5.74) is 0.568. The van der Waals surface area contributed by atoms with Gasteiger partial charge >= 0.3 is 7.60 Å². The average Bonchev–Trinajstić information content (AvgIpc) is 3.16. The van der Waals surface area contributed by atoms with Crippen LogP contribution in [0.4, 0.5) is 5.82 Å². The van der Waals surface area contributed by atoms with Gasteiger partial charge in [0.2, 0.25) is 0 Å². The third-order valence-electron chi connectivity index (χ3n) is 8.87. The van der Waals surface area contributed by atoms with Crippen LogP contribution in [-0.2, 0) is 34.0 Å². The summed E-state index contributed by atoms with van der Waals surface area (Å²) in [6, 6.07) is 31.4. The zero-order valence-electron chi connectivity index (χ0n) is 33.3. The van der Waals surface area contributed by atoms with Crippen LogP contribution >= 0.6 is 7.60 Å². The molecule has 0 fully saturated rings. The molecule has 5 rings (SSSR count). The molecule has 15 heteroatoms. The highest BCUT2D eigenvalue weighted by Gasteiger charge is 2.50. The maximum atomic E-state index is 13.7. The summed E-state index contributed by atoms with van der Waals surface area (Å²) in [5.74, 6) is 0.600. The van der Waals surface area contributed by atoms with Crippen molar-refractivity contribution in [1.29, 1.82) is 0 Å². The van der Waals surface area contributed by atoms with E-state index in [1.54, 1.807) is 32.0 Å². The third kappa shape index (κ3) is 11.2. The number of carbonyl (C=O) groups excluding carboxylic acids is 1.